The van der Waals surface area contributed by atoms with E-state index in [0.29, 0.717) is 12.8 Å². The highest BCUT2D eigenvalue weighted by Crippen LogP contribution is 2.47. The zero-order chi connectivity index (χ0) is 37.9. The predicted octanol–water partition coefficient (Wildman–Crippen LogP) is 6.16. The van der Waals surface area contributed by atoms with Gasteiger partial charge in [0.15, 0.2) is 6.10 Å². The second kappa shape index (κ2) is 29.2. The smallest absolute Gasteiger partial charge is 0.462 e. The van der Waals surface area contributed by atoms with E-state index in [1.54, 1.807) is 0 Å². The summed E-state index contributed by atoms with van der Waals surface area (Å²) in [6.45, 7) is 3.25. The number of rotatable bonds is 32. The number of carbonyl (C=O) groups is 2. The first kappa shape index (κ1) is 47.9. The van der Waals surface area contributed by atoms with Crippen molar-refractivity contribution in [3.05, 3.63) is 0 Å². The summed E-state index contributed by atoms with van der Waals surface area (Å²) in [7, 11) is -5.10. The molecule has 0 aliphatic heterocycles. The zero-order valence-corrected chi connectivity index (χ0v) is 32.3. The van der Waals surface area contributed by atoms with Gasteiger partial charge in [0, 0.05) is 12.8 Å². The molecule has 0 heterocycles. The lowest BCUT2D eigenvalue weighted by atomic mass is 9.85. The molecular formula is C37H71O13P. The molecular weight excluding hydrogens is 683 g/mol. The predicted molar refractivity (Wildman–Crippen MR) is 194 cm³/mol. The SMILES string of the molecule is CCCCCCCCCCCCCC(=O)OC[C@@H](COP(=O)(O)OC1[C@H](O)[C@H](O)C(O)[C@H](O)[C@H]1O)OC(=O)CCCCCCCCCCCCC. The first-order valence-corrected chi connectivity index (χ1v) is 21.3. The van der Waals surface area contributed by atoms with Crippen LogP contribution < -0.4 is 0 Å². The number of hydrogen-bond acceptors (Lipinski definition) is 12. The molecule has 8 atom stereocenters. The summed E-state index contributed by atoms with van der Waals surface area (Å²) < 4.78 is 33.3. The van der Waals surface area contributed by atoms with Crippen molar-refractivity contribution < 1.29 is 63.1 Å². The molecule has 1 saturated carbocycles. The van der Waals surface area contributed by atoms with Gasteiger partial charge in [0.2, 0.25) is 0 Å². The Morgan fingerprint density at radius 1 is 0.529 bits per heavy atom. The number of phosphoric ester groups is 1. The maximum absolute atomic E-state index is 12.7. The summed E-state index contributed by atoms with van der Waals surface area (Å²) in [4.78, 5) is 35.4. The van der Waals surface area contributed by atoms with Crippen LogP contribution in [0.1, 0.15) is 168 Å². The van der Waals surface area contributed by atoms with Gasteiger partial charge in [-0.1, -0.05) is 142 Å². The van der Waals surface area contributed by atoms with E-state index in [9.17, 15) is 44.6 Å². The van der Waals surface area contributed by atoms with E-state index in [1.807, 2.05) is 0 Å². The monoisotopic (exact) mass is 754 g/mol. The Hall–Kier alpha value is -1.15. The third-order valence-electron chi connectivity index (χ3n) is 9.45. The summed E-state index contributed by atoms with van der Waals surface area (Å²) in [5.74, 6) is -1.09. The fourth-order valence-corrected chi connectivity index (χ4v) is 7.14. The highest BCUT2D eigenvalue weighted by molar-refractivity contribution is 7.47. The summed E-state index contributed by atoms with van der Waals surface area (Å²) in [5.41, 5.74) is 0. The molecule has 0 radical (unpaired) electrons. The normalized spacial score (nSPS) is 23.8. The van der Waals surface area contributed by atoms with Gasteiger partial charge in [-0.15, -0.1) is 0 Å². The van der Waals surface area contributed by atoms with E-state index in [0.717, 1.165) is 44.9 Å². The van der Waals surface area contributed by atoms with E-state index in [1.165, 1.54) is 83.5 Å². The molecule has 14 heteroatoms. The van der Waals surface area contributed by atoms with Crippen LogP contribution in [0.3, 0.4) is 0 Å². The maximum atomic E-state index is 12.7. The van der Waals surface area contributed by atoms with Crippen LogP contribution in [0.25, 0.3) is 0 Å². The minimum absolute atomic E-state index is 0.103. The van der Waals surface area contributed by atoms with Crippen molar-refractivity contribution >= 4 is 19.8 Å². The minimum Gasteiger partial charge on any atom is -0.462 e. The van der Waals surface area contributed by atoms with Gasteiger partial charge >= 0.3 is 19.8 Å². The quantitative estimate of drug-likeness (QED) is 0.0258. The Bertz CT molecular complexity index is 922. The second-order valence-electron chi connectivity index (χ2n) is 14.2. The minimum atomic E-state index is -5.10. The fourth-order valence-electron chi connectivity index (χ4n) is 6.17. The summed E-state index contributed by atoms with van der Waals surface area (Å²) >= 11 is 0. The van der Waals surface area contributed by atoms with Crippen LogP contribution in [0, 0.1) is 0 Å². The number of esters is 2. The lowest BCUT2D eigenvalue weighted by molar-refractivity contribution is -0.220. The largest absolute Gasteiger partial charge is 0.472 e. The highest BCUT2D eigenvalue weighted by atomic mass is 31.2. The van der Waals surface area contributed by atoms with Crippen molar-refractivity contribution in [2.45, 2.75) is 211 Å². The maximum Gasteiger partial charge on any atom is 0.472 e. The van der Waals surface area contributed by atoms with Crippen LogP contribution in [-0.2, 0) is 32.7 Å². The van der Waals surface area contributed by atoms with E-state index in [-0.39, 0.29) is 12.8 Å². The molecule has 1 fully saturated rings. The van der Waals surface area contributed by atoms with Gasteiger partial charge in [0.05, 0.1) is 6.61 Å². The third kappa shape index (κ3) is 22.6. The molecule has 0 aromatic carbocycles. The van der Waals surface area contributed by atoms with Crippen molar-refractivity contribution in [3.63, 3.8) is 0 Å². The first-order chi connectivity index (χ1) is 24.4. The first-order valence-electron chi connectivity index (χ1n) is 19.8. The van der Waals surface area contributed by atoms with Crippen LogP contribution in [0.15, 0.2) is 0 Å². The van der Waals surface area contributed by atoms with Crippen LogP contribution in [-0.4, -0.2) is 98.3 Å². The van der Waals surface area contributed by atoms with Crippen molar-refractivity contribution in [2.24, 2.45) is 0 Å². The van der Waals surface area contributed by atoms with Gasteiger partial charge in [-0.25, -0.2) is 4.57 Å². The fraction of sp³-hybridized carbons (Fsp3) is 0.946. The zero-order valence-electron chi connectivity index (χ0n) is 31.4. The van der Waals surface area contributed by atoms with Crippen LogP contribution in [0.4, 0.5) is 0 Å². The molecule has 0 spiro atoms. The van der Waals surface area contributed by atoms with Crippen molar-refractivity contribution in [1.82, 2.24) is 0 Å². The Morgan fingerprint density at radius 2 is 0.882 bits per heavy atom. The molecule has 302 valence electrons. The van der Waals surface area contributed by atoms with Gasteiger partial charge in [0.1, 0.15) is 43.2 Å². The Labute approximate surface area is 306 Å². The molecule has 1 aliphatic carbocycles. The molecule has 3 unspecified atom stereocenters. The van der Waals surface area contributed by atoms with Crippen LogP contribution in [0.2, 0.25) is 0 Å². The lowest BCUT2D eigenvalue weighted by Gasteiger charge is -2.41. The number of unbranched alkanes of at least 4 members (excludes halogenated alkanes) is 20. The molecule has 51 heavy (non-hydrogen) atoms. The summed E-state index contributed by atoms with van der Waals surface area (Å²) in [5, 5.41) is 49.9. The van der Waals surface area contributed by atoms with E-state index in [2.05, 4.69) is 13.8 Å². The van der Waals surface area contributed by atoms with E-state index >= 15 is 0 Å². The number of aliphatic hydroxyl groups excluding tert-OH is 5. The van der Waals surface area contributed by atoms with Gasteiger partial charge in [0.25, 0.3) is 0 Å². The Balaban J connectivity index is 2.54. The molecule has 1 aliphatic rings. The number of carbonyl (C=O) groups excluding carboxylic acids is 2. The molecule has 13 nitrogen and oxygen atoms in total. The average molecular weight is 755 g/mol. The van der Waals surface area contributed by atoms with Crippen LogP contribution in [0.5, 0.6) is 0 Å². The number of hydrogen-bond donors (Lipinski definition) is 6. The highest BCUT2D eigenvalue weighted by Gasteiger charge is 2.51. The molecule has 6 N–H and O–H groups in total. The summed E-state index contributed by atoms with van der Waals surface area (Å²) in [6, 6.07) is 0. The number of phosphoric acid groups is 1. The second-order valence-corrected chi connectivity index (χ2v) is 15.6. The summed E-state index contributed by atoms with van der Waals surface area (Å²) in [6.07, 6.45) is 11.8. The molecule has 0 bridgehead atoms. The van der Waals surface area contributed by atoms with Crippen molar-refractivity contribution in [3.8, 4) is 0 Å². The number of ether oxygens (including phenoxy) is 2. The Kier molecular flexibility index (Phi) is 27.4. The topological polar surface area (TPSA) is 210 Å². The molecule has 1 rings (SSSR count). The van der Waals surface area contributed by atoms with Gasteiger partial charge < -0.3 is 39.9 Å². The van der Waals surface area contributed by atoms with Crippen molar-refractivity contribution in [2.75, 3.05) is 13.2 Å². The van der Waals surface area contributed by atoms with Gasteiger partial charge in [-0.3, -0.25) is 18.6 Å². The Morgan fingerprint density at radius 3 is 1.29 bits per heavy atom. The third-order valence-corrected chi connectivity index (χ3v) is 10.4. The standard InChI is InChI=1S/C37H71O13P/c1-3-5-7-9-11-13-15-17-19-21-23-25-30(38)47-27-29(49-31(39)26-24-22-20-18-16-14-12-10-8-6-4-2)28-48-51(45,46)50-37-35(43)33(41)32(40)34(42)36(37)44/h29,32-37,40-44H,3-28H2,1-2H3,(H,45,46)/t29-,32?,33-,34+,35+,36+,37?/m0/s1. The van der Waals surface area contributed by atoms with Crippen molar-refractivity contribution in [1.29, 1.82) is 0 Å². The molecule has 0 aromatic rings. The molecule has 0 aromatic heterocycles. The van der Waals surface area contributed by atoms with E-state index in [4.69, 9.17) is 18.5 Å². The van der Waals surface area contributed by atoms with Crippen LogP contribution >= 0.6 is 7.82 Å². The van der Waals surface area contributed by atoms with E-state index < -0.39 is 75.7 Å². The number of aliphatic hydroxyl groups is 5. The lowest BCUT2D eigenvalue weighted by Crippen LogP contribution is -2.64. The van der Waals surface area contributed by atoms with Gasteiger partial charge in [-0.05, 0) is 12.8 Å². The average Bonchev–Trinajstić information content (AvgIpc) is 3.10. The molecule has 0 amide bonds. The van der Waals surface area contributed by atoms with Gasteiger partial charge in [-0.2, -0.15) is 0 Å². The molecule has 0 saturated heterocycles.